The highest BCUT2D eigenvalue weighted by Gasteiger charge is 2.64. The van der Waals surface area contributed by atoms with E-state index in [2.05, 4.69) is 6.92 Å². The molecule has 0 amide bonds. The highest BCUT2D eigenvalue weighted by atomic mass is 16.7. The van der Waals surface area contributed by atoms with Crippen molar-refractivity contribution in [3.05, 3.63) is 13.3 Å². The van der Waals surface area contributed by atoms with Gasteiger partial charge in [0.15, 0.2) is 18.0 Å². The van der Waals surface area contributed by atoms with E-state index in [4.69, 9.17) is 28.4 Å². The molecule has 8 atom stereocenters. The summed E-state index contributed by atoms with van der Waals surface area (Å²) in [5.41, 5.74) is -0.575. The van der Waals surface area contributed by atoms with Gasteiger partial charge in [-0.3, -0.25) is 9.59 Å². The zero-order valence-corrected chi connectivity index (χ0v) is 19.6. The molecule has 182 valence electrons. The predicted molar refractivity (Wildman–Crippen MR) is 112 cm³/mol. The van der Waals surface area contributed by atoms with Crippen LogP contribution in [0.5, 0.6) is 0 Å². The fourth-order valence-electron chi connectivity index (χ4n) is 4.56. The lowest BCUT2D eigenvalue weighted by Gasteiger charge is -2.53. The highest BCUT2D eigenvalue weighted by Crippen LogP contribution is 2.47. The molecule has 3 aliphatic rings. The summed E-state index contributed by atoms with van der Waals surface area (Å²) in [6.45, 7) is 10.6. The smallest absolute Gasteiger partial charge is 0.311 e. The molecule has 0 aromatic heterocycles. The van der Waals surface area contributed by atoms with Crippen molar-refractivity contribution in [2.75, 3.05) is 13.7 Å². The van der Waals surface area contributed by atoms with Crippen LogP contribution in [0.4, 0.5) is 0 Å². The van der Waals surface area contributed by atoms with E-state index in [0.29, 0.717) is 25.7 Å². The van der Waals surface area contributed by atoms with E-state index in [1.165, 1.54) is 14.0 Å². The van der Waals surface area contributed by atoms with Crippen molar-refractivity contribution in [2.24, 2.45) is 5.41 Å². The number of hydrogen-bond acceptors (Lipinski definition) is 9. The third-order valence-corrected chi connectivity index (χ3v) is 6.25. The van der Waals surface area contributed by atoms with Crippen LogP contribution in [0.2, 0.25) is 0 Å². The van der Waals surface area contributed by atoms with Gasteiger partial charge in [-0.1, -0.05) is 0 Å². The molecule has 3 aliphatic heterocycles. The molecule has 1 unspecified atom stereocenters. The zero-order valence-electron chi connectivity index (χ0n) is 19.6. The molecular formula is C23H36O9. The summed E-state index contributed by atoms with van der Waals surface area (Å²) in [6.07, 6.45) is -1.07. The Morgan fingerprint density at radius 1 is 1.25 bits per heavy atom. The Balaban J connectivity index is 1.75. The summed E-state index contributed by atoms with van der Waals surface area (Å²) in [5.74, 6) is -1.95. The lowest BCUT2D eigenvalue weighted by Crippen LogP contribution is -2.69. The Morgan fingerprint density at radius 3 is 2.56 bits per heavy atom. The Labute approximate surface area is 190 Å². The maximum atomic E-state index is 12.0. The summed E-state index contributed by atoms with van der Waals surface area (Å²) in [6, 6.07) is 0. The molecule has 3 rings (SSSR count). The molecule has 32 heavy (non-hydrogen) atoms. The van der Waals surface area contributed by atoms with Gasteiger partial charge in [0.25, 0.3) is 0 Å². The summed E-state index contributed by atoms with van der Waals surface area (Å²) >= 11 is 0. The molecule has 0 spiro atoms. The number of hydrogen-bond donors (Lipinski definition) is 1. The zero-order chi connectivity index (χ0) is 23.7. The Bertz CT molecular complexity index is 675. The first-order chi connectivity index (χ1) is 15.0. The van der Waals surface area contributed by atoms with Gasteiger partial charge in [0.1, 0.15) is 18.3 Å². The number of carbonyl (C=O) groups is 2. The molecule has 1 N–H and O–H groups in total. The lowest BCUT2D eigenvalue weighted by molar-refractivity contribution is -0.382. The van der Waals surface area contributed by atoms with Crippen LogP contribution < -0.4 is 0 Å². The van der Waals surface area contributed by atoms with Gasteiger partial charge in [0.05, 0.1) is 24.2 Å². The van der Waals surface area contributed by atoms with E-state index in [-0.39, 0.29) is 18.7 Å². The average Bonchev–Trinajstić information content (AvgIpc) is 3.02. The SMILES string of the molecule is [CH2][CH]C[C@H]1O[C@@H]2[C@@H](OC3(OC)CC[C@H](CCOC(=O)C(C)(C)C)O[C@@H]3[C@H]2OC(C)=O)[C@H]1O. The quantitative estimate of drug-likeness (QED) is 0.573. The first-order valence-corrected chi connectivity index (χ1v) is 11.2. The van der Waals surface area contributed by atoms with Crippen LogP contribution in [0.1, 0.15) is 53.4 Å². The molecule has 3 fully saturated rings. The van der Waals surface area contributed by atoms with E-state index >= 15 is 0 Å². The number of esters is 2. The summed E-state index contributed by atoms with van der Waals surface area (Å²) in [7, 11) is 1.51. The number of rotatable bonds is 7. The molecule has 0 aromatic carbocycles. The fraction of sp³-hybridized carbons (Fsp3) is 0.826. The number of ether oxygens (including phenoxy) is 6. The van der Waals surface area contributed by atoms with Crippen LogP contribution in [0.25, 0.3) is 0 Å². The monoisotopic (exact) mass is 456 g/mol. The van der Waals surface area contributed by atoms with Crippen molar-refractivity contribution in [2.45, 2.75) is 102 Å². The van der Waals surface area contributed by atoms with Crippen molar-refractivity contribution in [3.8, 4) is 0 Å². The van der Waals surface area contributed by atoms with Crippen molar-refractivity contribution in [3.63, 3.8) is 0 Å². The van der Waals surface area contributed by atoms with Crippen molar-refractivity contribution in [1.82, 2.24) is 0 Å². The van der Waals surface area contributed by atoms with Gasteiger partial charge in [-0.25, -0.2) is 0 Å². The van der Waals surface area contributed by atoms with Gasteiger partial charge in [-0.15, -0.1) is 0 Å². The van der Waals surface area contributed by atoms with Crippen LogP contribution in [0.3, 0.4) is 0 Å². The summed E-state index contributed by atoms with van der Waals surface area (Å²) < 4.78 is 35.4. The van der Waals surface area contributed by atoms with Crippen LogP contribution in [0.15, 0.2) is 0 Å². The van der Waals surface area contributed by atoms with Gasteiger partial charge >= 0.3 is 11.9 Å². The molecular weight excluding hydrogens is 420 g/mol. The third-order valence-electron chi connectivity index (χ3n) is 6.25. The standard InChI is InChI=1S/C23H36O9/c1-7-8-15-16(25)17-18(31-15)19(29-13(2)24)20-23(27-6,32-17)11-9-14(30-20)10-12-28-21(26)22(3,4)5/h7,14-20,25H,1,8-12H2,2-6H3/t14-,15-,16+,17+,18-,19+,20-,23?/m1/s1. The van der Waals surface area contributed by atoms with E-state index in [9.17, 15) is 14.7 Å². The summed E-state index contributed by atoms with van der Waals surface area (Å²) in [4.78, 5) is 24.0. The van der Waals surface area contributed by atoms with E-state index in [0.717, 1.165) is 0 Å². The minimum atomic E-state index is -1.19. The summed E-state index contributed by atoms with van der Waals surface area (Å²) in [5, 5.41) is 10.8. The van der Waals surface area contributed by atoms with E-state index < -0.39 is 53.8 Å². The van der Waals surface area contributed by atoms with Crippen LogP contribution in [-0.2, 0) is 38.0 Å². The molecule has 9 nitrogen and oxygen atoms in total. The number of methoxy groups -OCH3 is 1. The topological polar surface area (TPSA) is 110 Å². The molecule has 9 heteroatoms. The van der Waals surface area contributed by atoms with Gasteiger partial charge in [-0.2, -0.15) is 0 Å². The number of aliphatic hydroxyl groups excluding tert-OH is 1. The molecule has 0 saturated carbocycles. The fourth-order valence-corrected chi connectivity index (χ4v) is 4.56. The van der Waals surface area contributed by atoms with Gasteiger partial charge < -0.3 is 33.5 Å². The van der Waals surface area contributed by atoms with E-state index in [1.807, 2.05) is 0 Å². The molecule has 3 heterocycles. The van der Waals surface area contributed by atoms with Crippen molar-refractivity contribution < 1.29 is 43.1 Å². The Kier molecular flexibility index (Phi) is 7.87. The van der Waals surface area contributed by atoms with Gasteiger partial charge in [-0.05, 0) is 47.0 Å². The first-order valence-electron chi connectivity index (χ1n) is 11.2. The second-order valence-corrected chi connectivity index (χ2v) is 9.72. The molecule has 0 aromatic rings. The normalized spacial score (nSPS) is 39.2. The van der Waals surface area contributed by atoms with E-state index in [1.54, 1.807) is 27.2 Å². The highest BCUT2D eigenvalue weighted by molar-refractivity contribution is 5.75. The minimum absolute atomic E-state index is 0.217. The van der Waals surface area contributed by atoms with Crippen molar-refractivity contribution >= 4 is 11.9 Å². The predicted octanol–water partition coefficient (Wildman–Crippen LogP) is 1.74. The van der Waals surface area contributed by atoms with Crippen LogP contribution >= 0.6 is 0 Å². The van der Waals surface area contributed by atoms with Crippen molar-refractivity contribution in [1.29, 1.82) is 0 Å². The second-order valence-electron chi connectivity index (χ2n) is 9.72. The number of carbonyl (C=O) groups excluding carboxylic acids is 2. The first kappa shape index (κ1) is 25.4. The second kappa shape index (κ2) is 9.93. The lowest BCUT2D eigenvalue weighted by atomic mass is 9.85. The molecule has 3 saturated heterocycles. The van der Waals surface area contributed by atoms with Gasteiger partial charge in [0.2, 0.25) is 0 Å². The number of aliphatic hydroxyl groups is 1. The largest absolute Gasteiger partial charge is 0.465 e. The Hall–Kier alpha value is -1.26. The molecule has 2 radical (unpaired) electrons. The molecule has 0 aliphatic carbocycles. The molecule has 0 bridgehead atoms. The third kappa shape index (κ3) is 5.12. The van der Waals surface area contributed by atoms with Crippen LogP contribution in [-0.4, -0.2) is 79.3 Å². The number of fused-ring (bicyclic) bond motifs is 2. The Morgan fingerprint density at radius 2 is 1.97 bits per heavy atom. The average molecular weight is 457 g/mol. The maximum Gasteiger partial charge on any atom is 0.311 e. The minimum Gasteiger partial charge on any atom is -0.465 e. The van der Waals surface area contributed by atoms with Crippen LogP contribution in [0, 0.1) is 18.8 Å². The maximum absolute atomic E-state index is 12.0. The van der Waals surface area contributed by atoms with Gasteiger partial charge in [0, 0.05) is 26.9 Å².